The molecule has 0 unspecified atom stereocenters. The molecule has 0 radical (unpaired) electrons. The van der Waals surface area contributed by atoms with Crippen molar-refractivity contribution in [3.63, 3.8) is 0 Å². The van der Waals surface area contributed by atoms with Gasteiger partial charge in [-0.25, -0.2) is 43.6 Å². The van der Waals surface area contributed by atoms with Crippen molar-refractivity contribution in [3.05, 3.63) is 273 Å². The standard InChI is InChI=1S/2C16H13BrF3N3O2.C16H19ClN2O2.C15H13ClFN3O2.C15H14ClN3O2/c1-15(25,8-23-7-14(17)22-9-23)13(24)6-10-3-4-12(21-2)11(5-10)16(18,19)20;1-15(25,8-23-9-22-7-14(23)17)13(24)6-10-3-4-12(21-2)11(5-10)16(18,19)20;1-16(21,11-19-7-3-4-8-19)15(20)10-12-5-6-14(18-2)13(17)9-12;1-15(22,9-20-8-11(17)7-19-20)14(21)6-10-3-4-13(18-2)12(16)5-10;1-15(21,9-19-6-5-18-10-19)14(20)8-11-3-4-13(17-2)12(16)7-11/h2*3-5,7,9,25H,6,8H2,1H3;5-6,9,21H,3-4,7-8,10-11H2,1H3;3-5,7-8,22H,6,9H2,1H3;3-7,10,21H,8-9H2,1H3/t2*15-;16-;2*15-/m00000/s1. The first-order valence-electron chi connectivity index (χ1n) is 33.8. The summed E-state index contributed by atoms with van der Waals surface area (Å²) in [5, 5.41) is 56.3. The summed E-state index contributed by atoms with van der Waals surface area (Å²) in [6.07, 6.45) is 5.02. The smallest absolute Gasteiger partial charge is 0.381 e. The first kappa shape index (κ1) is 92.7. The minimum atomic E-state index is -4.69. The third-order valence-electron chi connectivity index (χ3n) is 17.3. The molecule has 0 bridgehead atoms. The molecule has 24 nitrogen and oxygen atoms in total. The number of hydrogen-bond donors (Lipinski definition) is 5. The molecule has 5 N–H and O–H groups in total. The van der Waals surface area contributed by atoms with E-state index in [9.17, 15) is 80.2 Å². The van der Waals surface area contributed by atoms with Crippen molar-refractivity contribution >= 4 is 124 Å². The van der Waals surface area contributed by atoms with Crippen LogP contribution in [0.25, 0.3) is 24.2 Å². The van der Waals surface area contributed by atoms with Gasteiger partial charge in [-0.05, 0) is 120 Å². The molecular weight excluding hydrogens is 1690 g/mol. The van der Waals surface area contributed by atoms with Gasteiger partial charge >= 0.3 is 12.4 Å². The van der Waals surface area contributed by atoms with E-state index >= 15 is 0 Å². The molecule has 1 aliphatic heterocycles. The number of nitrogens with zero attached hydrogens (tertiary/aromatic N) is 14. The van der Waals surface area contributed by atoms with E-state index in [1.807, 2.05) is 0 Å². The van der Waals surface area contributed by atoms with Crippen molar-refractivity contribution in [2.45, 2.75) is 146 Å². The number of β-amino-alcohol motifs (C(OH)–C–C–N with tert-alkyl or cyclic N) is 1. The molecule has 1 fully saturated rings. The average Bonchev–Trinajstić information content (AvgIpc) is 1.14. The van der Waals surface area contributed by atoms with Crippen molar-refractivity contribution in [3.8, 4) is 0 Å². The first-order chi connectivity index (χ1) is 53.2. The van der Waals surface area contributed by atoms with Crippen molar-refractivity contribution in [1.82, 2.24) is 43.3 Å². The summed E-state index contributed by atoms with van der Waals surface area (Å²) in [4.78, 5) is 90.7. The summed E-state index contributed by atoms with van der Waals surface area (Å²) in [6.45, 7) is 43.5. The summed E-state index contributed by atoms with van der Waals surface area (Å²) in [5.41, 5.74) is -8.19. The van der Waals surface area contributed by atoms with Gasteiger partial charge in [0.1, 0.15) is 37.2 Å². The van der Waals surface area contributed by atoms with Crippen molar-refractivity contribution in [1.29, 1.82) is 0 Å². The minimum Gasteiger partial charge on any atom is -0.381 e. The van der Waals surface area contributed by atoms with Gasteiger partial charge in [0.25, 0.3) is 0 Å². The Morgan fingerprint density at radius 1 is 0.465 bits per heavy atom. The second kappa shape index (κ2) is 40.2. The number of aromatic nitrogens is 8. The Kier molecular flexibility index (Phi) is 32.7. The highest BCUT2D eigenvalue weighted by molar-refractivity contribution is 9.10. The van der Waals surface area contributed by atoms with E-state index in [-0.39, 0.29) is 86.0 Å². The molecule has 114 heavy (non-hydrogen) atoms. The monoisotopic (exact) mass is 1760 g/mol. The fourth-order valence-corrected chi connectivity index (χ4v) is 12.4. The van der Waals surface area contributed by atoms with Crippen LogP contribution >= 0.6 is 66.7 Å². The maximum Gasteiger partial charge on any atom is 0.407 e. The summed E-state index contributed by atoms with van der Waals surface area (Å²) < 4.78 is 97.7. The van der Waals surface area contributed by atoms with Gasteiger partial charge in [-0.1, -0.05) is 126 Å². The number of rotatable bonds is 25. The molecule has 5 heterocycles. The van der Waals surface area contributed by atoms with Gasteiger partial charge in [0.05, 0.1) is 108 Å². The number of likely N-dealkylation sites (tertiary alicyclic amines) is 1. The fourth-order valence-electron chi connectivity index (χ4n) is 11.0. The number of benzene rings is 5. The predicted octanol–water partition coefficient (Wildman–Crippen LogP) is 15.8. The molecule has 1 aliphatic rings. The number of hydrogen-bond acceptors (Lipinski definition) is 15. The Balaban J connectivity index is 0.000000222. The van der Waals surface area contributed by atoms with Crippen LogP contribution in [-0.2, 0) is 94.6 Å². The highest BCUT2D eigenvalue weighted by Gasteiger charge is 2.39. The van der Waals surface area contributed by atoms with E-state index in [1.165, 1.54) is 84.6 Å². The molecule has 0 saturated carbocycles. The zero-order valence-corrected chi connectivity index (χ0v) is 66.8. The van der Waals surface area contributed by atoms with Gasteiger partial charge in [-0.3, -0.25) is 28.7 Å². The second-order valence-corrected chi connectivity index (χ2v) is 30.1. The average molecular weight is 1760 g/mol. The van der Waals surface area contributed by atoms with E-state index < -0.39 is 86.0 Å². The maximum absolute atomic E-state index is 13.0. The molecular formula is C78H72Br2Cl3F7N14O10. The first-order valence-corrected chi connectivity index (χ1v) is 36.6. The van der Waals surface area contributed by atoms with Crippen LogP contribution in [0.15, 0.2) is 156 Å². The lowest BCUT2D eigenvalue weighted by Crippen LogP contribution is -2.46. The Morgan fingerprint density at radius 2 is 0.825 bits per heavy atom. The molecule has 4 aromatic heterocycles. The molecule has 5 aromatic carbocycles. The Labute approximate surface area is 682 Å². The van der Waals surface area contributed by atoms with Crippen LogP contribution < -0.4 is 0 Å². The lowest BCUT2D eigenvalue weighted by molar-refractivity contribution is -0.138. The van der Waals surface area contributed by atoms with Gasteiger partial charge in [0.15, 0.2) is 46.1 Å². The summed E-state index contributed by atoms with van der Waals surface area (Å²) >= 11 is 24.2. The van der Waals surface area contributed by atoms with Crippen LogP contribution in [-0.4, -0.2) is 145 Å². The van der Waals surface area contributed by atoms with Crippen molar-refractivity contribution in [2.75, 3.05) is 19.6 Å². The predicted molar refractivity (Wildman–Crippen MR) is 415 cm³/mol. The van der Waals surface area contributed by atoms with Crippen LogP contribution in [0.4, 0.5) is 59.2 Å². The van der Waals surface area contributed by atoms with E-state index in [0.29, 0.717) is 54.0 Å². The molecule has 1 saturated heterocycles. The summed E-state index contributed by atoms with van der Waals surface area (Å²) in [7, 11) is 0. The molecule has 10 rings (SSSR count). The van der Waals surface area contributed by atoms with Crippen LogP contribution in [0.3, 0.4) is 0 Å². The quantitative estimate of drug-likeness (QED) is 0.0263. The minimum absolute atomic E-state index is 0.0469. The SMILES string of the molecule is [C-]#[N+]c1ccc(CC(=O)[C@@](C)(O)CN2CCCC2)cc1Cl.[C-]#[N+]c1ccc(CC(=O)[C@@](C)(O)Cn2cc(F)cn2)cc1Cl.[C-]#[N+]c1ccc(CC(=O)[C@@](C)(O)Cn2ccnc2)cc1Cl.[C-]#[N+]c1ccc(CC(=O)[C@@](C)(O)Cn2cnc(Br)c2)cc1C(F)(F)F.[C-]#[N+]c1ccc(CC(=O)[C@@](C)(O)Cn2cncc2Br)cc1C(F)(F)F. The second-order valence-electron chi connectivity index (χ2n) is 27.3. The van der Waals surface area contributed by atoms with Crippen LogP contribution in [0.5, 0.6) is 0 Å². The molecule has 0 spiro atoms. The largest absolute Gasteiger partial charge is 0.407 e. The molecule has 598 valence electrons. The van der Waals surface area contributed by atoms with Gasteiger partial charge in [0.2, 0.25) is 17.1 Å². The number of carbonyl (C=O) groups excluding carboxylic acids is 5. The van der Waals surface area contributed by atoms with Gasteiger partial charge in [0, 0.05) is 72.3 Å². The van der Waals surface area contributed by atoms with Crippen LogP contribution in [0.1, 0.15) is 86.4 Å². The zero-order valence-electron chi connectivity index (χ0n) is 61.3. The zero-order chi connectivity index (χ0) is 84.9. The van der Waals surface area contributed by atoms with Gasteiger partial charge in [-0.15, -0.1) is 0 Å². The van der Waals surface area contributed by atoms with Crippen molar-refractivity contribution in [2.24, 2.45) is 0 Å². The highest BCUT2D eigenvalue weighted by Crippen LogP contribution is 2.39. The number of halogens is 12. The van der Waals surface area contributed by atoms with Crippen LogP contribution in [0.2, 0.25) is 15.1 Å². The maximum atomic E-state index is 13.0. The normalized spacial score (nSPS) is 14.5. The number of Topliss-reactive ketones (excluding diaryl/α,β-unsaturated/α-hetero) is 5. The molecule has 36 heteroatoms. The summed E-state index contributed by atoms with van der Waals surface area (Å²) in [5.74, 6) is -2.80. The number of carbonyl (C=O) groups is 5. The Hall–Kier alpha value is -10.2. The lowest BCUT2D eigenvalue weighted by Gasteiger charge is -2.27. The Bertz CT molecular complexity index is 5160. The highest BCUT2D eigenvalue weighted by atomic mass is 79.9. The van der Waals surface area contributed by atoms with Crippen molar-refractivity contribution < 1.29 is 80.2 Å². The fraction of sp³-hybridized carbons (Fsp3) is 0.333. The molecule has 9 aromatic rings. The third-order valence-corrected chi connectivity index (χ3v) is 19.3. The molecule has 0 aliphatic carbocycles. The third kappa shape index (κ3) is 27.6. The molecule has 5 atom stereocenters. The van der Waals surface area contributed by atoms with Gasteiger partial charge in [-0.2, -0.15) is 31.4 Å². The lowest BCUT2D eigenvalue weighted by atomic mass is 9.94. The number of aliphatic hydroxyl groups is 5. The van der Waals surface area contributed by atoms with E-state index in [2.05, 4.69) is 81.0 Å². The van der Waals surface area contributed by atoms with Gasteiger partial charge < -0.3 is 44.1 Å². The number of alkyl halides is 6. The van der Waals surface area contributed by atoms with E-state index in [4.69, 9.17) is 67.7 Å². The van der Waals surface area contributed by atoms with Crippen LogP contribution in [0, 0.1) is 38.7 Å². The topological polar surface area (TPSA) is 283 Å². The van der Waals surface area contributed by atoms with E-state index in [1.54, 1.807) is 78.9 Å². The Morgan fingerprint density at radius 3 is 1.14 bits per heavy atom. The summed E-state index contributed by atoms with van der Waals surface area (Å²) in [6, 6.07) is 20.6. The number of imidazole rings is 3. The van der Waals surface area contributed by atoms with E-state index in [0.717, 1.165) is 68.2 Å². The molecule has 0 amide bonds. The number of ketones is 5.